The van der Waals surface area contributed by atoms with Gasteiger partial charge in [0.05, 0.1) is 5.69 Å². The fourth-order valence-corrected chi connectivity index (χ4v) is 1.30. The van der Waals surface area contributed by atoms with Crippen molar-refractivity contribution >= 4 is 23.0 Å². The summed E-state index contributed by atoms with van der Waals surface area (Å²) >= 11 is 5.02. The molecule has 1 rings (SSSR count). The Balaban J connectivity index is 2.59. The molecule has 16 heavy (non-hydrogen) atoms. The average Bonchev–Trinajstić information content (AvgIpc) is 2.19. The van der Waals surface area contributed by atoms with E-state index in [1.807, 2.05) is 19.9 Å². The lowest BCUT2D eigenvalue weighted by atomic mass is 10.2. The van der Waals surface area contributed by atoms with Gasteiger partial charge >= 0.3 is 0 Å². The normalized spacial score (nSPS) is 9.69. The van der Waals surface area contributed by atoms with Gasteiger partial charge in [0.2, 0.25) is 0 Å². The highest BCUT2D eigenvalue weighted by atomic mass is 32.1. The zero-order chi connectivity index (χ0) is 12.1. The average molecular weight is 238 g/mol. The molecule has 0 fully saturated rings. The van der Waals surface area contributed by atoms with Crippen molar-refractivity contribution in [2.24, 2.45) is 0 Å². The van der Waals surface area contributed by atoms with Gasteiger partial charge < -0.3 is 10.6 Å². The van der Waals surface area contributed by atoms with E-state index in [1.54, 1.807) is 6.07 Å². The van der Waals surface area contributed by atoms with Gasteiger partial charge in [-0.2, -0.15) is 0 Å². The van der Waals surface area contributed by atoms with Crippen LogP contribution in [0, 0.1) is 12.7 Å². The first-order chi connectivity index (χ1) is 7.49. The smallest absolute Gasteiger partial charge is 0.171 e. The van der Waals surface area contributed by atoms with Crippen molar-refractivity contribution in [1.29, 1.82) is 0 Å². The summed E-state index contributed by atoms with van der Waals surface area (Å²) in [5.41, 5.74) is 2.22. The van der Waals surface area contributed by atoms with Crippen LogP contribution in [0.5, 0.6) is 0 Å². The van der Waals surface area contributed by atoms with Gasteiger partial charge in [-0.3, -0.25) is 0 Å². The monoisotopic (exact) mass is 238 g/mol. The van der Waals surface area contributed by atoms with Crippen molar-refractivity contribution in [2.75, 3.05) is 11.9 Å². The van der Waals surface area contributed by atoms with Crippen LogP contribution >= 0.6 is 12.2 Å². The SMILES string of the molecule is C=C(C)CNC(=S)Nc1ccc(C)cc1F. The zero-order valence-electron chi connectivity index (χ0n) is 9.43. The van der Waals surface area contributed by atoms with Crippen LogP contribution < -0.4 is 10.6 Å². The van der Waals surface area contributed by atoms with Gasteiger partial charge in [-0.15, -0.1) is 0 Å². The lowest BCUT2D eigenvalue weighted by molar-refractivity contribution is 0.631. The summed E-state index contributed by atoms with van der Waals surface area (Å²) in [5.74, 6) is -0.306. The van der Waals surface area contributed by atoms with Crippen LogP contribution in [0.15, 0.2) is 30.4 Å². The molecule has 0 amide bonds. The molecule has 0 bridgehead atoms. The molecule has 0 aromatic heterocycles. The van der Waals surface area contributed by atoms with Crippen molar-refractivity contribution in [1.82, 2.24) is 5.32 Å². The highest BCUT2D eigenvalue weighted by molar-refractivity contribution is 7.80. The largest absolute Gasteiger partial charge is 0.359 e. The maximum Gasteiger partial charge on any atom is 0.171 e. The van der Waals surface area contributed by atoms with Crippen molar-refractivity contribution < 1.29 is 4.39 Å². The fourth-order valence-electron chi connectivity index (χ4n) is 1.12. The molecular weight excluding hydrogens is 223 g/mol. The summed E-state index contributed by atoms with van der Waals surface area (Å²) in [6.45, 7) is 8.05. The minimum atomic E-state index is -0.306. The summed E-state index contributed by atoms with van der Waals surface area (Å²) in [4.78, 5) is 0. The number of anilines is 1. The number of benzene rings is 1. The Morgan fingerprint density at radius 2 is 2.19 bits per heavy atom. The van der Waals surface area contributed by atoms with Crippen LogP contribution in [-0.4, -0.2) is 11.7 Å². The third kappa shape index (κ3) is 3.98. The van der Waals surface area contributed by atoms with E-state index in [4.69, 9.17) is 12.2 Å². The van der Waals surface area contributed by atoms with E-state index in [9.17, 15) is 4.39 Å². The number of hydrogen-bond acceptors (Lipinski definition) is 1. The van der Waals surface area contributed by atoms with Crippen LogP contribution in [0.2, 0.25) is 0 Å². The molecule has 0 saturated heterocycles. The molecular formula is C12H15FN2S. The van der Waals surface area contributed by atoms with Crippen LogP contribution in [0.3, 0.4) is 0 Å². The summed E-state index contributed by atoms with van der Waals surface area (Å²) < 4.78 is 13.4. The van der Waals surface area contributed by atoms with E-state index in [1.165, 1.54) is 6.07 Å². The molecule has 0 saturated carbocycles. The first-order valence-corrected chi connectivity index (χ1v) is 5.35. The van der Waals surface area contributed by atoms with Crippen LogP contribution in [0.4, 0.5) is 10.1 Å². The Labute approximate surface area is 101 Å². The van der Waals surface area contributed by atoms with Crippen LogP contribution in [-0.2, 0) is 0 Å². The van der Waals surface area contributed by atoms with Gasteiger partial charge in [-0.1, -0.05) is 18.2 Å². The molecule has 0 aliphatic heterocycles. The standard InChI is InChI=1S/C12H15FN2S/c1-8(2)7-14-12(16)15-11-5-4-9(3)6-10(11)13/h4-6H,1,7H2,2-3H3,(H2,14,15,16). The molecule has 2 N–H and O–H groups in total. The van der Waals surface area contributed by atoms with E-state index < -0.39 is 0 Å². The van der Waals surface area contributed by atoms with Crippen LogP contribution in [0.1, 0.15) is 12.5 Å². The Morgan fingerprint density at radius 3 is 2.75 bits per heavy atom. The Bertz CT molecular complexity index is 415. The van der Waals surface area contributed by atoms with Crippen molar-refractivity contribution in [3.05, 3.63) is 41.7 Å². The van der Waals surface area contributed by atoms with E-state index in [-0.39, 0.29) is 5.82 Å². The summed E-state index contributed by atoms with van der Waals surface area (Å²) in [5, 5.41) is 6.12. The lowest BCUT2D eigenvalue weighted by Crippen LogP contribution is -2.29. The minimum absolute atomic E-state index is 0.306. The van der Waals surface area contributed by atoms with Gasteiger partial charge in [-0.05, 0) is 43.8 Å². The quantitative estimate of drug-likeness (QED) is 0.625. The number of hydrogen-bond donors (Lipinski definition) is 2. The molecule has 0 aliphatic carbocycles. The maximum absolute atomic E-state index is 13.4. The second-order valence-corrected chi connectivity index (χ2v) is 4.16. The van der Waals surface area contributed by atoms with Gasteiger partial charge in [0, 0.05) is 6.54 Å². The van der Waals surface area contributed by atoms with E-state index >= 15 is 0 Å². The van der Waals surface area contributed by atoms with Crippen molar-refractivity contribution in [2.45, 2.75) is 13.8 Å². The first-order valence-electron chi connectivity index (χ1n) is 4.94. The molecule has 0 unspecified atom stereocenters. The van der Waals surface area contributed by atoms with Gasteiger partial charge in [0.25, 0.3) is 0 Å². The maximum atomic E-state index is 13.4. The Hall–Kier alpha value is -1.42. The fraction of sp³-hybridized carbons (Fsp3) is 0.250. The summed E-state index contributed by atoms with van der Waals surface area (Å²) in [7, 11) is 0. The predicted octanol–water partition coefficient (Wildman–Crippen LogP) is 3.00. The first kappa shape index (κ1) is 12.6. The van der Waals surface area contributed by atoms with Crippen molar-refractivity contribution in [3.8, 4) is 0 Å². The third-order valence-electron chi connectivity index (χ3n) is 1.92. The lowest BCUT2D eigenvalue weighted by Gasteiger charge is -2.11. The molecule has 86 valence electrons. The zero-order valence-corrected chi connectivity index (χ0v) is 10.2. The molecule has 0 atom stereocenters. The predicted molar refractivity (Wildman–Crippen MR) is 70.2 cm³/mol. The van der Waals surface area contributed by atoms with Crippen molar-refractivity contribution in [3.63, 3.8) is 0 Å². The van der Waals surface area contributed by atoms with E-state index in [0.717, 1.165) is 11.1 Å². The third-order valence-corrected chi connectivity index (χ3v) is 2.17. The molecule has 1 aromatic rings. The molecule has 4 heteroatoms. The number of rotatable bonds is 3. The number of aryl methyl sites for hydroxylation is 1. The summed E-state index contributed by atoms with van der Waals surface area (Å²) in [6, 6.07) is 4.95. The highest BCUT2D eigenvalue weighted by Gasteiger charge is 2.03. The molecule has 0 spiro atoms. The molecule has 0 radical (unpaired) electrons. The molecule has 0 aliphatic rings. The Morgan fingerprint density at radius 1 is 1.50 bits per heavy atom. The van der Waals surface area contributed by atoms with Gasteiger partial charge in [0.15, 0.2) is 5.11 Å². The Kier molecular flexibility index (Phi) is 4.43. The van der Waals surface area contributed by atoms with Gasteiger partial charge in [0.1, 0.15) is 5.82 Å². The second-order valence-electron chi connectivity index (χ2n) is 3.75. The van der Waals surface area contributed by atoms with E-state index in [0.29, 0.717) is 17.3 Å². The number of thiocarbonyl (C=S) groups is 1. The minimum Gasteiger partial charge on any atom is -0.359 e. The highest BCUT2D eigenvalue weighted by Crippen LogP contribution is 2.14. The molecule has 2 nitrogen and oxygen atoms in total. The van der Waals surface area contributed by atoms with E-state index in [2.05, 4.69) is 17.2 Å². The second kappa shape index (κ2) is 5.61. The molecule has 0 heterocycles. The summed E-state index contributed by atoms with van der Waals surface area (Å²) in [6.07, 6.45) is 0. The van der Waals surface area contributed by atoms with Gasteiger partial charge in [-0.25, -0.2) is 4.39 Å². The molecule has 1 aromatic carbocycles. The topological polar surface area (TPSA) is 24.1 Å². The number of nitrogens with one attached hydrogen (secondary N) is 2. The van der Waals surface area contributed by atoms with Crippen LogP contribution in [0.25, 0.3) is 0 Å². The number of halogens is 1.